The Labute approximate surface area is 123 Å². The molecule has 0 heterocycles. The van der Waals surface area contributed by atoms with Crippen LogP contribution in [0.4, 0.5) is 0 Å². The highest BCUT2D eigenvalue weighted by Crippen LogP contribution is 2.27. The summed E-state index contributed by atoms with van der Waals surface area (Å²) in [6.07, 6.45) is 3.42. The van der Waals surface area contributed by atoms with Gasteiger partial charge in [-0.1, -0.05) is 53.6 Å². The lowest BCUT2D eigenvalue weighted by Gasteiger charge is -2.01. The number of benzene rings is 2. The second-order valence-electron chi connectivity index (χ2n) is 5.84. The second-order valence-corrected chi connectivity index (χ2v) is 5.84. The van der Waals surface area contributed by atoms with Crippen molar-refractivity contribution in [3.8, 4) is 0 Å². The van der Waals surface area contributed by atoms with Crippen LogP contribution in [-0.4, -0.2) is 0 Å². The summed E-state index contributed by atoms with van der Waals surface area (Å²) in [5.74, 6) is 0. The molecule has 0 aromatic heterocycles. The van der Waals surface area contributed by atoms with Crippen molar-refractivity contribution in [2.75, 3.05) is 0 Å². The number of rotatable bonds is 0. The van der Waals surface area contributed by atoms with Gasteiger partial charge in [-0.15, -0.1) is 0 Å². The lowest BCUT2D eigenvalue weighted by molar-refractivity contribution is 1.28. The third-order valence-corrected chi connectivity index (χ3v) is 3.98. The molecule has 0 aliphatic heterocycles. The Morgan fingerprint density at radius 3 is 2.00 bits per heavy atom. The van der Waals surface area contributed by atoms with Crippen LogP contribution < -0.4 is 0 Å². The fourth-order valence-electron chi connectivity index (χ4n) is 2.54. The summed E-state index contributed by atoms with van der Waals surface area (Å²) in [6, 6.07) is 13.2. The molecular formula is C20H24. The van der Waals surface area contributed by atoms with Gasteiger partial charge >= 0.3 is 0 Å². The Morgan fingerprint density at radius 2 is 1.35 bits per heavy atom. The molecule has 0 amide bonds. The molecule has 0 saturated heterocycles. The van der Waals surface area contributed by atoms with Gasteiger partial charge < -0.3 is 0 Å². The topological polar surface area (TPSA) is 0 Å². The maximum atomic E-state index is 2.30. The average molecular weight is 264 g/mol. The Balaban J connectivity index is 0.000000151. The summed E-state index contributed by atoms with van der Waals surface area (Å²) in [4.78, 5) is 0. The highest BCUT2D eigenvalue weighted by molar-refractivity contribution is 5.71. The van der Waals surface area contributed by atoms with Gasteiger partial charge in [-0.2, -0.15) is 0 Å². The van der Waals surface area contributed by atoms with Crippen LogP contribution in [0.5, 0.6) is 0 Å². The molecule has 0 heteroatoms. The van der Waals surface area contributed by atoms with Crippen LogP contribution in [0.1, 0.15) is 40.3 Å². The smallest absolute Gasteiger partial charge is 0.00854 e. The van der Waals surface area contributed by atoms with Gasteiger partial charge in [0.05, 0.1) is 0 Å². The molecule has 0 fully saturated rings. The standard InChI is InChI=1S/C11H12.C9H12/c1-8-3-6-11-9(2)4-5-10(11)7-8;1-7-4-5-8(2)9(3)6-7/h3-4,6-7H,5H2,1-2H3;4-6H,1-3H3. The van der Waals surface area contributed by atoms with Crippen molar-refractivity contribution >= 4 is 5.57 Å². The van der Waals surface area contributed by atoms with Crippen molar-refractivity contribution in [2.24, 2.45) is 0 Å². The third kappa shape index (κ3) is 3.39. The Hall–Kier alpha value is -1.82. The summed E-state index contributed by atoms with van der Waals surface area (Å²) in [5.41, 5.74) is 9.83. The van der Waals surface area contributed by atoms with Crippen molar-refractivity contribution in [3.05, 3.63) is 75.9 Å². The molecule has 3 rings (SSSR count). The van der Waals surface area contributed by atoms with Gasteiger partial charge in [0.2, 0.25) is 0 Å². The highest BCUT2D eigenvalue weighted by Gasteiger charge is 2.08. The van der Waals surface area contributed by atoms with Crippen molar-refractivity contribution in [2.45, 2.75) is 41.0 Å². The van der Waals surface area contributed by atoms with Crippen LogP contribution in [0, 0.1) is 27.7 Å². The lowest BCUT2D eigenvalue weighted by atomic mass is 10.0. The molecule has 104 valence electrons. The fraction of sp³-hybridized carbons (Fsp3) is 0.300. The van der Waals surface area contributed by atoms with E-state index in [0.717, 1.165) is 6.42 Å². The van der Waals surface area contributed by atoms with E-state index in [0.29, 0.717) is 0 Å². The van der Waals surface area contributed by atoms with E-state index in [9.17, 15) is 0 Å². The number of aryl methyl sites for hydroxylation is 4. The van der Waals surface area contributed by atoms with Gasteiger partial charge in [0, 0.05) is 0 Å². The summed E-state index contributed by atoms with van der Waals surface area (Å²) in [6.45, 7) is 10.7. The Bertz CT molecular complexity index is 645. The maximum Gasteiger partial charge on any atom is -0.00854 e. The maximum absolute atomic E-state index is 2.30. The summed E-state index contributed by atoms with van der Waals surface area (Å²) in [5, 5.41) is 0. The van der Waals surface area contributed by atoms with E-state index < -0.39 is 0 Å². The molecule has 0 nitrogen and oxygen atoms in total. The van der Waals surface area contributed by atoms with Gasteiger partial charge in [-0.05, 0) is 68.9 Å². The first-order chi connectivity index (χ1) is 9.47. The summed E-state index contributed by atoms with van der Waals surface area (Å²) in [7, 11) is 0. The first-order valence-corrected chi connectivity index (χ1v) is 7.28. The molecule has 0 spiro atoms. The molecule has 1 aliphatic carbocycles. The molecule has 0 bridgehead atoms. The second kappa shape index (κ2) is 6.09. The monoisotopic (exact) mass is 264 g/mol. The van der Waals surface area contributed by atoms with E-state index in [1.54, 1.807) is 0 Å². The van der Waals surface area contributed by atoms with Gasteiger partial charge in [0.1, 0.15) is 0 Å². The van der Waals surface area contributed by atoms with Gasteiger partial charge in [0.15, 0.2) is 0 Å². The van der Waals surface area contributed by atoms with E-state index in [-0.39, 0.29) is 0 Å². The van der Waals surface area contributed by atoms with Crippen molar-refractivity contribution in [3.63, 3.8) is 0 Å². The quantitative estimate of drug-likeness (QED) is 0.584. The zero-order valence-electron chi connectivity index (χ0n) is 13.2. The highest BCUT2D eigenvalue weighted by atomic mass is 14.1. The van der Waals surface area contributed by atoms with Crippen molar-refractivity contribution in [1.29, 1.82) is 0 Å². The van der Waals surface area contributed by atoms with Crippen LogP contribution >= 0.6 is 0 Å². The van der Waals surface area contributed by atoms with Crippen LogP contribution in [0.2, 0.25) is 0 Å². The van der Waals surface area contributed by atoms with E-state index in [4.69, 9.17) is 0 Å². The number of fused-ring (bicyclic) bond motifs is 1. The fourth-order valence-corrected chi connectivity index (χ4v) is 2.54. The zero-order chi connectivity index (χ0) is 14.7. The van der Waals surface area contributed by atoms with E-state index in [1.807, 2.05) is 0 Å². The molecule has 0 N–H and O–H groups in total. The third-order valence-electron chi connectivity index (χ3n) is 3.98. The normalized spacial score (nSPS) is 12.3. The van der Waals surface area contributed by atoms with Gasteiger partial charge in [0.25, 0.3) is 0 Å². The molecule has 20 heavy (non-hydrogen) atoms. The minimum Gasteiger partial charge on any atom is -0.0766 e. The molecule has 0 saturated carbocycles. The van der Waals surface area contributed by atoms with E-state index >= 15 is 0 Å². The molecule has 0 unspecified atom stereocenters. The minimum atomic E-state index is 1.13. The van der Waals surface area contributed by atoms with Crippen molar-refractivity contribution < 1.29 is 0 Å². The average Bonchev–Trinajstić information content (AvgIpc) is 2.76. The molecule has 0 atom stereocenters. The lowest BCUT2D eigenvalue weighted by Crippen LogP contribution is -1.83. The summed E-state index contributed by atoms with van der Waals surface area (Å²) < 4.78 is 0. The molecule has 0 radical (unpaired) electrons. The number of hydrogen-bond acceptors (Lipinski definition) is 0. The molecule has 2 aromatic carbocycles. The zero-order valence-corrected chi connectivity index (χ0v) is 13.2. The number of allylic oxidation sites excluding steroid dienone is 2. The first kappa shape index (κ1) is 14.6. The largest absolute Gasteiger partial charge is 0.0766 e. The van der Waals surface area contributed by atoms with Crippen LogP contribution in [0.3, 0.4) is 0 Å². The van der Waals surface area contributed by atoms with E-state index in [1.165, 1.54) is 39.0 Å². The Kier molecular flexibility index (Phi) is 4.44. The molecular weight excluding hydrogens is 240 g/mol. The van der Waals surface area contributed by atoms with Crippen molar-refractivity contribution in [1.82, 2.24) is 0 Å². The van der Waals surface area contributed by atoms with Gasteiger partial charge in [-0.25, -0.2) is 0 Å². The Morgan fingerprint density at radius 1 is 0.700 bits per heavy atom. The molecule has 1 aliphatic rings. The molecule has 2 aromatic rings. The predicted octanol–water partition coefficient (Wildman–Crippen LogP) is 5.57. The van der Waals surface area contributed by atoms with Gasteiger partial charge in [-0.3, -0.25) is 0 Å². The van der Waals surface area contributed by atoms with Crippen LogP contribution in [0.15, 0.2) is 42.5 Å². The van der Waals surface area contributed by atoms with E-state index in [2.05, 4.69) is 77.1 Å². The SMILES string of the molecule is CC1=CCc2cc(C)ccc21.Cc1ccc(C)c(C)c1. The first-order valence-electron chi connectivity index (χ1n) is 7.28. The van der Waals surface area contributed by atoms with Crippen LogP contribution in [0.25, 0.3) is 5.57 Å². The minimum absolute atomic E-state index is 1.13. The van der Waals surface area contributed by atoms with Crippen LogP contribution in [-0.2, 0) is 6.42 Å². The summed E-state index contributed by atoms with van der Waals surface area (Å²) >= 11 is 0. The predicted molar refractivity (Wildman–Crippen MR) is 89.2 cm³/mol. The number of hydrogen-bond donors (Lipinski definition) is 0.